The van der Waals surface area contributed by atoms with Crippen molar-refractivity contribution >= 4 is 5.97 Å². The number of rotatable bonds is 7. The summed E-state index contributed by atoms with van der Waals surface area (Å²) >= 11 is 0. The van der Waals surface area contributed by atoms with Gasteiger partial charge in [-0.2, -0.15) is 0 Å². The second-order valence-corrected chi connectivity index (χ2v) is 6.28. The number of carboxylic acid groups (broad SMARTS) is 1. The van der Waals surface area contributed by atoms with Gasteiger partial charge in [-0.1, -0.05) is 13.8 Å². The molecule has 112 valence electrons. The van der Waals surface area contributed by atoms with Gasteiger partial charge in [-0.15, -0.1) is 0 Å². The van der Waals surface area contributed by atoms with Crippen LogP contribution in [0, 0.1) is 11.8 Å². The van der Waals surface area contributed by atoms with Gasteiger partial charge in [0.25, 0.3) is 0 Å². The maximum atomic E-state index is 10.5. The number of nitrogens with zero attached hydrogens (tertiary/aromatic N) is 1. The van der Waals surface area contributed by atoms with E-state index in [0.29, 0.717) is 12.5 Å². The molecule has 1 aliphatic rings. The van der Waals surface area contributed by atoms with Gasteiger partial charge in [0.2, 0.25) is 0 Å². The average Bonchev–Trinajstić information content (AvgIpc) is 2.28. The molecule has 19 heavy (non-hydrogen) atoms. The molecule has 1 rings (SSSR count). The van der Waals surface area contributed by atoms with E-state index in [2.05, 4.69) is 10.2 Å². The maximum absolute atomic E-state index is 10.5. The topological polar surface area (TPSA) is 72.8 Å². The summed E-state index contributed by atoms with van der Waals surface area (Å²) in [6, 6.07) is 0. The van der Waals surface area contributed by atoms with E-state index in [-0.39, 0.29) is 12.5 Å². The number of hydrogen-bond acceptors (Lipinski definition) is 4. The average molecular weight is 272 g/mol. The van der Waals surface area contributed by atoms with Crippen LogP contribution in [0.1, 0.15) is 33.6 Å². The summed E-state index contributed by atoms with van der Waals surface area (Å²) in [7, 11) is 0. The van der Waals surface area contributed by atoms with Crippen LogP contribution in [0.3, 0.4) is 0 Å². The molecule has 3 N–H and O–H groups in total. The van der Waals surface area contributed by atoms with Crippen molar-refractivity contribution in [3.05, 3.63) is 0 Å². The third kappa shape index (κ3) is 5.89. The Balaban J connectivity index is 2.35. The molecule has 0 aromatic heterocycles. The zero-order chi connectivity index (χ0) is 14.5. The minimum absolute atomic E-state index is 0.0280. The summed E-state index contributed by atoms with van der Waals surface area (Å²) in [5.41, 5.74) is -0.656. The molecule has 2 atom stereocenters. The highest BCUT2D eigenvalue weighted by Gasteiger charge is 2.30. The predicted molar refractivity (Wildman–Crippen MR) is 75.1 cm³/mol. The zero-order valence-corrected chi connectivity index (χ0v) is 12.4. The summed E-state index contributed by atoms with van der Waals surface area (Å²) in [5, 5.41) is 21.9. The van der Waals surface area contributed by atoms with E-state index in [1.54, 1.807) is 0 Å². The van der Waals surface area contributed by atoms with E-state index in [4.69, 9.17) is 5.11 Å². The van der Waals surface area contributed by atoms with Gasteiger partial charge in [0, 0.05) is 13.1 Å². The second kappa shape index (κ2) is 7.22. The van der Waals surface area contributed by atoms with Crippen LogP contribution in [-0.2, 0) is 4.79 Å². The van der Waals surface area contributed by atoms with E-state index >= 15 is 0 Å². The summed E-state index contributed by atoms with van der Waals surface area (Å²) < 4.78 is 0. The molecule has 0 aromatic rings. The van der Waals surface area contributed by atoms with Gasteiger partial charge in [0.05, 0.1) is 12.1 Å². The lowest BCUT2D eigenvalue weighted by atomic mass is 9.90. The summed E-state index contributed by atoms with van der Waals surface area (Å²) in [4.78, 5) is 12.8. The SMILES string of the molecule is CC(C)C(C)(O)CN1CCCC(CNCC(=O)O)C1. The van der Waals surface area contributed by atoms with Crippen LogP contribution in [0.15, 0.2) is 0 Å². The van der Waals surface area contributed by atoms with E-state index in [9.17, 15) is 9.90 Å². The molecular weight excluding hydrogens is 244 g/mol. The van der Waals surface area contributed by atoms with Crippen LogP contribution in [-0.4, -0.2) is 59.4 Å². The number of likely N-dealkylation sites (tertiary alicyclic amines) is 1. The van der Waals surface area contributed by atoms with Crippen molar-refractivity contribution in [1.29, 1.82) is 0 Å². The molecule has 2 unspecified atom stereocenters. The fourth-order valence-electron chi connectivity index (χ4n) is 2.48. The first kappa shape index (κ1) is 16.4. The zero-order valence-electron chi connectivity index (χ0n) is 12.4. The first-order chi connectivity index (χ1) is 8.81. The van der Waals surface area contributed by atoms with Gasteiger partial charge in [-0.3, -0.25) is 4.79 Å². The Bertz CT molecular complexity index is 292. The number of piperidine rings is 1. The molecule has 0 amide bonds. The lowest BCUT2D eigenvalue weighted by Crippen LogP contribution is -2.49. The largest absolute Gasteiger partial charge is 0.480 e. The van der Waals surface area contributed by atoms with Gasteiger partial charge >= 0.3 is 5.97 Å². The fraction of sp³-hybridized carbons (Fsp3) is 0.929. The molecule has 5 nitrogen and oxygen atoms in total. The molecule has 1 aliphatic heterocycles. The smallest absolute Gasteiger partial charge is 0.317 e. The fourth-order valence-corrected chi connectivity index (χ4v) is 2.48. The highest BCUT2D eigenvalue weighted by molar-refractivity contribution is 5.68. The van der Waals surface area contributed by atoms with Crippen LogP contribution < -0.4 is 5.32 Å². The van der Waals surface area contributed by atoms with E-state index < -0.39 is 11.6 Å². The lowest BCUT2D eigenvalue weighted by molar-refractivity contribution is -0.136. The Morgan fingerprint density at radius 1 is 1.53 bits per heavy atom. The maximum Gasteiger partial charge on any atom is 0.317 e. The third-order valence-electron chi connectivity index (χ3n) is 4.10. The second-order valence-electron chi connectivity index (χ2n) is 6.28. The van der Waals surface area contributed by atoms with Gasteiger partial charge in [-0.05, 0) is 44.7 Å². The van der Waals surface area contributed by atoms with Crippen molar-refractivity contribution in [3.63, 3.8) is 0 Å². The number of nitrogens with one attached hydrogen (secondary N) is 1. The highest BCUT2D eigenvalue weighted by Crippen LogP contribution is 2.22. The standard InChI is InChI=1S/C14H28N2O3/c1-11(2)14(3,19)10-16-6-4-5-12(9-16)7-15-8-13(17)18/h11-12,15,19H,4-10H2,1-3H3,(H,17,18). The van der Waals surface area contributed by atoms with Gasteiger partial charge in [-0.25, -0.2) is 0 Å². The van der Waals surface area contributed by atoms with Crippen molar-refractivity contribution in [3.8, 4) is 0 Å². The van der Waals surface area contributed by atoms with Crippen molar-refractivity contribution in [2.75, 3.05) is 32.7 Å². The molecule has 0 aliphatic carbocycles. The quantitative estimate of drug-likeness (QED) is 0.639. The first-order valence-electron chi connectivity index (χ1n) is 7.18. The Labute approximate surface area is 116 Å². The number of carbonyl (C=O) groups is 1. The minimum Gasteiger partial charge on any atom is -0.480 e. The summed E-state index contributed by atoms with van der Waals surface area (Å²) in [5.74, 6) is -0.0931. The Kier molecular flexibility index (Phi) is 6.23. The van der Waals surface area contributed by atoms with E-state index in [0.717, 1.165) is 32.5 Å². The molecule has 0 bridgehead atoms. The normalized spacial score (nSPS) is 24.4. The van der Waals surface area contributed by atoms with Crippen molar-refractivity contribution in [2.24, 2.45) is 11.8 Å². The highest BCUT2D eigenvalue weighted by atomic mass is 16.4. The molecule has 0 radical (unpaired) electrons. The summed E-state index contributed by atoms with van der Waals surface area (Å²) in [6.07, 6.45) is 2.25. The third-order valence-corrected chi connectivity index (χ3v) is 4.10. The Morgan fingerprint density at radius 2 is 2.21 bits per heavy atom. The molecule has 1 heterocycles. The van der Waals surface area contributed by atoms with Gasteiger partial charge < -0.3 is 20.4 Å². The number of aliphatic hydroxyl groups is 1. The molecule has 1 fully saturated rings. The van der Waals surface area contributed by atoms with Gasteiger partial charge in [0.15, 0.2) is 0 Å². The molecule has 0 saturated carbocycles. The molecule has 0 aromatic carbocycles. The van der Waals surface area contributed by atoms with Gasteiger partial charge in [0.1, 0.15) is 0 Å². The Morgan fingerprint density at radius 3 is 2.79 bits per heavy atom. The minimum atomic E-state index is -0.810. The number of hydrogen-bond donors (Lipinski definition) is 3. The van der Waals surface area contributed by atoms with Crippen LogP contribution in [0.2, 0.25) is 0 Å². The number of aliphatic carboxylic acids is 1. The molecule has 1 saturated heterocycles. The molecular formula is C14H28N2O3. The number of β-amino-alcohol motifs (C(OH)–C–C–N with tert-alkyl or cyclic N) is 1. The van der Waals surface area contributed by atoms with Crippen molar-refractivity contribution < 1.29 is 15.0 Å². The lowest BCUT2D eigenvalue weighted by Gasteiger charge is -2.39. The van der Waals surface area contributed by atoms with Crippen LogP contribution in [0.25, 0.3) is 0 Å². The first-order valence-corrected chi connectivity index (χ1v) is 7.18. The molecule has 5 heteroatoms. The number of carboxylic acids is 1. The van der Waals surface area contributed by atoms with Crippen molar-refractivity contribution in [2.45, 2.75) is 39.2 Å². The van der Waals surface area contributed by atoms with E-state index in [1.165, 1.54) is 0 Å². The predicted octanol–water partition coefficient (Wildman–Crippen LogP) is 0.780. The molecule has 0 spiro atoms. The van der Waals surface area contributed by atoms with E-state index in [1.807, 2.05) is 20.8 Å². The summed E-state index contributed by atoms with van der Waals surface area (Å²) in [6.45, 7) is 9.40. The van der Waals surface area contributed by atoms with Crippen LogP contribution in [0.4, 0.5) is 0 Å². The van der Waals surface area contributed by atoms with Crippen LogP contribution >= 0.6 is 0 Å². The van der Waals surface area contributed by atoms with Crippen molar-refractivity contribution in [1.82, 2.24) is 10.2 Å². The Hall–Kier alpha value is -0.650. The van der Waals surface area contributed by atoms with Crippen LogP contribution in [0.5, 0.6) is 0 Å². The monoisotopic (exact) mass is 272 g/mol.